The lowest BCUT2D eigenvalue weighted by molar-refractivity contribution is -0.169. The minimum Gasteiger partial charge on any atom is -0.479 e. The van der Waals surface area contributed by atoms with Gasteiger partial charge in [-0.3, -0.25) is 0 Å². The van der Waals surface area contributed by atoms with Crippen LogP contribution in [0.25, 0.3) is 0 Å². The van der Waals surface area contributed by atoms with Gasteiger partial charge in [0.05, 0.1) is 0 Å². The van der Waals surface area contributed by atoms with Crippen molar-refractivity contribution < 1.29 is 19.4 Å². The van der Waals surface area contributed by atoms with E-state index < -0.39 is 11.6 Å². The van der Waals surface area contributed by atoms with Crippen molar-refractivity contribution in [3.05, 3.63) is 35.9 Å². The van der Waals surface area contributed by atoms with E-state index in [9.17, 15) is 14.7 Å². The molecule has 0 heterocycles. The molecule has 0 saturated carbocycles. The fourth-order valence-corrected chi connectivity index (χ4v) is 2.03. The second-order valence-electron chi connectivity index (χ2n) is 4.86. The molecule has 0 aromatic heterocycles. The first kappa shape index (κ1) is 16.4. The Kier molecular flexibility index (Phi) is 6.94. The summed E-state index contributed by atoms with van der Waals surface area (Å²) in [4.78, 5) is 22.4. The third-order valence-corrected chi connectivity index (χ3v) is 3.34. The summed E-state index contributed by atoms with van der Waals surface area (Å²) in [5.41, 5.74) is -0.352. The Balaban J connectivity index is 2.74. The molecule has 0 bridgehead atoms. The first-order chi connectivity index (χ1) is 9.64. The molecule has 4 heteroatoms. The topological polar surface area (TPSA) is 63.6 Å². The van der Waals surface area contributed by atoms with E-state index in [0.29, 0.717) is 25.7 Å². The van der Waals surface area contributed by atoms with Crippen LogP contribution in [0.5, 0.6) is 0 Å². The molecule has 1 unspecified atom stereocenters. The standard InChI is InChI=1S/C16H22O4/c1-2-3-13-20-16(11-12-17,15(18)19)10-9-14-7-5-4-6-8-14/h4-8,12H,2-3,9-11,13H2,1H3,(H,18,19). The highest BCUT2D eigenvalue weighted by Gasteiger charge is 2.38. The van der Waals surface area contributed by atoms with Crippen molar-refractivity contribution in [3.63, 3.8) is 0 Å². The van der Waals surface area contributed by atoms with Crippen LogP contribution in [-0.2, 0) is 20.7 Å². The Morgan fingerprint density at radius 1 is 1.35 bits per heavy atom. The summed E-state index contributed by atoms with van der Waals surface area (Å²) >= 11 is 0. The molecular formula is C16H22O4. The second kappa shape index (κ2) is 8.48. The summed E-state index contributed by atoms with van der Waals surface area (Å²) in [5, 5.41) is 9.45. The molecular weight excluding hydrogens is 256 g/mol. The third-order valence-electron chi connectivity index (χ3n) is 3.34. The molecule has 0 aliphatic carbocycles. The van der Waals surface area contributed by atoms with E-state index in [1.807, 2.05) is 37.3 Å². The fraction of sp³-hybridized carbons (Fsp3) is 0.500. The normalized spacial score (nSPS) is 13.7. The van der Waals surface area contributed by atoms with Crippen molar-refractivity contribution in [3.8, 4) is 0 Å². The van der Waals surface area contributed by atoms with Gasteiger partial charge in [-0.15, -0.1) is 0 Å². The minimum atomic E-state index is -1.40. The van der Waals surface area contributed by atoms with E-state index in [4.69, 9.17) is 4.74 Å². The van der Waals surface area contributed by atoms with E-state index >= 15 is 0 Å². The summed E-state index contributed by atoms with van der Waals surface area (Å²) in [6.45, 7) is 2.38. The molecule has 0 radical (unpaired) electrons. The molecule has 1 aromatic carbocycles. The SMILES string of the molecule is CCCCOC(CC=O)(CCc1ccccc1)C(=O)O. The van der Waals surface area contributed by atoms with Gasteiger partial charge in [-0.1, -0.05) is 43.7 Å². The van der Waals surface area contributed by atoms with E-state index in [0.717, 1.165) is 18.4 Å². The number of rotatable bonds is 10. The molecule has 1 aromatic rings. The zero-order valence-corrected chi connectivity index (χ0v) is 11.9. The summed E-state index contributed by atoms with van der Waals surface area (Å²) in [5.74, 6) is -1.06. The zero-order chi connectivity index (χ0) is 14.8. The molecule has 4 nitrogen and oxygen atoms in total. The highest BCUT2D eigenvalue weighted by Crippen LogP contribution is 2.23. The van der Waals surface area contributed by atoms with E-state index in [1.54, 1.807) is 0 Å². The maximum absolute atomic E-state index is 11.5. The van der Waals surface area contributed by atoms with Crippen LogP contribution in [-0.4, -0.2) is 29.6 Å². The van der Waals surface area contributed by atoms with Gasteiger partial charge in [0.2, 0.25) is 0 Å². The van der Waals surface area contributed by atoms with Crippen molar-refractivity contribution in [1.29, 1.82) is 0 Å². The first-order valence-corrected chi connectivity index (χ1v) is 6.99. The molecule has 0 spiro atoms. The van der Waals surface area contributed by atoms with Crippen LogP contribution >= 0.6 is 0 Å². The highest BCUT2D eigenvalue weighted by molar-refractivity contribution is 5.81. The summed E-state index contributed by atoms with van der Waals surface area (Å²) in [7, 11) is 0. The number of aliphatic carboxylic acids is 1. The Bertz CT molecular complexity index is 416. The predicted molar refractivity (Wildman–Crippen MR) is 76.7 cm³/mol. The molecule has 0 amide bonds. The summed E-state index contributed by atoms with van der Waals surface area (Å²) in [6, 6.07) is 9.63. The number of benzene rings is 1. The van der Waals surface area contributed by atoms with Gasteiger partial charge >= 0.3 is 5.97 Å². The number of carboxylic acids is 1. The van der Waals surface area contributed by atoms with Gasteiger partial charge in [0, 0.05) is 13.0 Å². The van der Waals surface area contributed by atoms with Gasteiger partial charge in [-0.2, -0.15) is 0 Å². The average molecular weight is 278 g/mol. The van der Waals surface area contributed by atoms with E-state index in [1.165, 1.54) is 0 Å². The van der Waals surface area contributed by atoms with E-state index in [2.05, 4.69) is 0 Å². The van der Waals surface area contributed by atoms with Crippen LogP contribution in [0.15, 0.2) is 30.3 Å². The van der Waals surface area contributed by atoms with Crippen molar-refractivity contribution in [2.45, 2.75) is 44.6 Å². The average Bonchev–Trinajstić information content (AvgIpc) is 2.46. The van der Waals surface area contributed by atoms with Crippen molar-refractivity contribution >= 4 is 12.3 Å². The van der Waals surface area contributed by atoms with Crippen LogP contribution in [0.4, 0.5) is 0 Å². The Morgan fingerprint density at radius 2 is 2.05 bits per heavy atom. The maximum Gasteiger partial charge on any atom is 0.336 e. The van der Waals surface area contributed by atoms with Gasteiger partial charge in [0.15, 0.2) is 5.60 Å². The maximum atomic E-state index is 11.5. The lowest BCUT2D eigenvalue weighted by Crippen LogP contribution is -2.43. The number of hydrogen-bond donors (Lipinski definition) is 1. The number of carbonyl (C=O) groups is 2. The lowest BCUT2D eigenvalue weighted by Gasteiger charge is -2.28. The summed E-state index contributed by atoms with van der Waals surface area (Å²) in [6.07, 6.45) is 3.11. The number of carbonyl (C=O) groups excluding carboxylic acids is 1. The monoisotopic (exact) mass is 278 g/mol. The van der Waals surface area contributed by atoms with Crippen LogP contribution in [0.2, 0.25) is 0 Å². The molecule has 0 fully saturated rings. The highest BCUT2D eigenvalue weighted by atomic mass is 16.5. The number of unbranched alkanes of at least 4 members (excludes halogenated alkanes) is 1. The van der Waals surface area contributed by atoms with Crippen LogP contribution in [0, 0.1) is 0 Å². The predicted octanol–water partition coefficient (Wildman–Crippen LogP) is 2.85. The van der Waals surface area contributed by atoms with Crippen LogP contribution in [0.1, 0.15) is 38.2 Å². The molecule has 1 atom stereocenters. The Hall–Kier alpha value is -1.68. The van der Waals surface area contributed by atoms with Crippen LogP contribution in [0.3, 0.4) is 0 Å². The Labute approximate surface area is 119 Å². The quantitative estimate of drug-likeness (QED) is 0.528. The Morgan fingerprint density at radius 3 is 2.60 bits per heavy atom. The number of aldehydes is 1. The van der Waals surface area contributed by atoms with Gasteiger partial charge in [0.1, 0.15) is 6.29 Å². The number of carboxylic acid groups (broad SMARTS) is 1. The summed E-state index contributed by atoms with van der Waals surface area (Å²) < 4.78 is 5.56. The fourth-order valence-electron chi connectivity index (χ4n) is 2.03. The number of hydrogen-bond acceptors (Lipinski definition) is 3. The molecule has 110 valence electrons. The van der Waals surface area contributed by atoms with Crippen LogP contribution < -0.4 is 0 Å². The molecule has 20 heavy (non-hydrogen) atoms. The molecule has 0 aliphatic heterocycles. The van der Waals surface area contributed by atoms with E-state index in [-0.39, 0.29) is 6.42 Å². The van der Waals surface area contributed by atoms with Crippen molar-refractivity contribution in [2.75, 3.05) is 6.61 Å². The first-order valence-electron chi connectivity index (χ1n) is 6.99. The molecule has 0 saturated heterocycles. The van der Waals surface area contributed by atoms with Gasteiger partial charge in [-0.25, -0.2) is 4.79 Å². The van der Waals surface area contributed by atoms with Crippen molar-refractivity contribution in [2.24, 2.45) is 0 Å². The minimum absolute atomic E-state index is 0.112. The molecule has 1 rings (SSSR count). The number of aryl methyl sites for hydroxylation is 1. The zero-order valence-electron chi connectivity index (χ0n) is 11.9. The molecule has 0 aliphatic rings. The van der Waals surface area contributed by atoms with Gasteiger partial charge < -0.3 is 14.6 Å². The third kappa shape index (κ3) is 4.78. The second-order valence-corrected chi connectivity index (χ2v) is 4.86. The number of ether oxygens (including phenoxy) is 1. The molecule has 1 N–H and O–H groups in total. The largest absolute Gasteiger partial charge is 0.479 e. The van der Waals surface area contributed by atoms with Gasteiger partial charge in [0.25, 0.3) is 0 Å². The lowest BCUT2D eigenvalue weighted by atomic mass is 9.91. The van der Waals surface area contributed by atoms with Crippen molar-refractivity contribution in [1.82, 2.24) is 0 Å². The smallest absolute Gasteiger partial charge is 0.336 e. The van der Waals surface area contributed by atoms with Gasteiger partial charge in [-0.05, 0) is 24.8 Å².